The van der Waals surface area contributed by atoms with Gasteiger partial charge in [-0.25, -0.2) is 4.79 Å². The van der Waals surface area contributed by atoms with Gasteiger partial charge in [0.2, 0.25) is 0 Å². The van der Waals surface area contributed by atoms with Gasteiger partial charge in [-0.05, 0) is 18.2 Å². The number of hydrogen-bond donors (Lipinski definition) is 1. The lowest BCUT2D eigenvalue weighted by Gasteiger charge is -2.19. The molecule has 2 heterocycles. The van der Waals surface area contributed by atoms with Crippen molar-refractivity contribution in [3.63, 3.8) is 0 Å². The van der Waals surface area contributed by atoms with Gasteiger partial charge in [-0.1, -0.05) is 18.2 Å². The van der Waals surface area contributed by atoms with E-state index in [1.165, 1.54) is 0 Å². The van der Waals surface area contributed by atoms with E-state index in [2.05, 4.69) is 4.99 Å². The molecule has 1 aromatic rings. The van der Waals surface area contributed by atoms with Crippen molar-refractivity contribution in [1.82, 2.24) is 4.90 Å². The summed E-state index contributed by atoms with van der Waals surface area (Å²) in [5.41, 5.74) is 0.800. The molecule has 3 rings (SSSR count). The number of hydrogen-bond acceptors (Lipinski definition) is 3. The molecule has 0 radical (unpaired) electrons. The summed E-state index contributed by atoms with van der Waals surface area (Å²) in [6.45, 7) is 0. The molecule has 84 valence electrons. The van der Waals surface area contributed by atoms with E-state index in [1.807, 2.05) is 30.5 Å². The standard InChI is InChI=1S/C13H10N2O2/c16-13(17)12-6-5-10-7-14-11-4-2-1-3-9(11)8-15(10)12/h1-8,12H,(H,16,17). The van der Waals surface area contributed by atoms with Crippen molar-refractivity contribution in [2.75, 3.05) is 0 Å². The summed E-state index contributed by atoms with van der Waals surface area (Å²) in [4.78, 5) is 17.2. The maximum Gasteiger partial charge on any atom is 0.330 e. The Balaban J connectivity index is 2.19. The van der Waals surface area contributed by atoms with Crippen LogP contribution in [0, 0.1) is 0 Å². The lowest BCUT2D eigenvalue weighted by atomic mass is 10.2. The van der Waals surface area contributed by atoms with Gasteiger partial charge in [0.15, 0.2) is 0 Å². The minimum absolute atomic E-state index is 0.636. The number of allylic oxidation sites excluding steroid dienone is 1. The molecule has 1 N–H and O–H groups in total. The van der Waals surface area contributed by atoms with Crippen molar-refractivity contribution < 1.29 is 9.90 Å². The van der Waals surface area contributed by atoms with Crippen LogP contribution in [0.3, 0.4) is 0 Å². The van der Waals surface area contributed by atoms with Gasteiger partial charge in [-0.2, -0.15) is 0 Å². The van der Waals surface area contributed by atoms with Crippen LogP contribution in [0.15, 0.2) is 53.3 Å². The van der Waals surface area contributed by atoms with E-state index in [9.17, 15) is 4.79 Å². The molecule has 0 aromatic heterocycles. The zero-order valence-electron chi connectivity index (χ0n) is 8.95. The van der Waals surface area contributed by atoms with Gasteiger partial charge in [0.05, 0.1) is 17.3 Å². The topological polar surface area (TPSA) is 52.9 Å². The molecular formula is C13H10N2O2. The Hall–Kier alpha value is -2.36. The highest BCUT2D eigenvalue weighted by molar-refractivity contribution is 5.79. The van der Waals surface area contributed by atoms with E-state index in [-0.39, 0.29) is 0 Å². The highest BCUT2D eigenvalue weighted by Gasteiger charge is 2.27. The second kappa shape index (κ2) is 3.59. The average Bonchev–Trinajstić information content (AvgIpc) is 2.63. The molecule has 2 aliphatic rings. The van der Waals surface area contributed by atoms with Crippen molar-refractivity contribution >= 4 is 12.2 Å². The number of para-hydroxylation sites is 1. The van der Waals surface area contributed by atoms with Crippen LogP contribution in [0.4, 0.5) is 0 Å². The Morgan fingerprint density at radius 2 is 2.18 bits per heavy atom. The number of carboxylic acid groups (broad SMARTS) is 1. The SMILES string of the molecule is O=C(O)C1C=CC2=CN=c3ccccc3=CN21. The van der Waals surface area contributed by atoms with Crippen LogP contribution in [0.25, 0.3) is 6.20 Å². The number of nitrogens with zero attached hydrogens (tertiary/aromatic N) is 2. The zero-order chi connectivity index (χ0) is 11.8. The highest BCUT2D eigenvalue weighted by Crippen LogP contribution is 2.21. The van der Waals surface area contributed by atoms with Crippen molar-refractivity contribution in [2.24, 2.45) is 4.99 Å². The van der Waals surface area contributed by atoms with Crippen molar-refractivity contribution in [3.05, 3.63) is 58.9 Å². The molecule has 1 unspecified atom stereocenters. The van der Waals surface area contributed by atoms with Crippen LogP contribution in [0.1, 0.15) is 0 Å². The Labute approximate surface area is 97.5 Å². The molecule has 0 spiro atoms. The summed E-state index contributed by atoms with van der Waals surface area (Å²) in [5, 5.41) is 10.9. The minimum Gasteiger partial charge on any atom is -0.479 e. The first-order valence-corrected chi connectivity index (χ1v) is 5.30. The second-order valence-electron chi connectivity index (χ2n) is 3.92. The van der Waals surface area contributed by atoms with Crippen LogP contribution in [0.5, 0.6) is 0 Å². The monoisotopic (exact) mass is 226 g/mol. The molecule has 4 nitrogen and oxygen atoms in total. The summed E-state index contributed by atoms with van der Waals surface area (Å²) >= 11 is 0. The first-order chi connectivity index (χ1) is 8.25. The summed E-state index contributed by atoms with van der Waals surface area (Å²) in [5.74, 6) is -0.861. The Bertz CT molecular complexity index is 658. The molecule has 0 bridgehead atoms. The Morgan fingerprint density at radius 3 is 3.00 bits per heavy atom. The van der Waals surface area contributed by atoms with Crippen LogP contribution in [0.2, 0.25) is 0 Å². The zero-order valence-corrected chi connectivity index (χ0v) is 8.95. The average molecular weight is 226 g/mol. The summed E-state index contributed by atoms with van der Waals surface area (Å²) in [7, 11) is 0. The maximum atomic E-state index is 11.1. The lowest BCUT2D eigenvalue weighted by Crippen LogP contribution is -2.34. The molecule has 0 saturated carbocycles. The largest absolute Gasteiger partial charge is 0.479 e. The van der Waals surface area contributed by atoms with Crippen LogP contribution >= 0.6 is 0 Å². The molecule has 0 fully saturated rings. The Morgan fingerprint density at radius 1 is 1.35 bits per heavy atom. The number of carboxylic acids is 1. The van der Waals surface area contributed by atoms with Crippen molar-refractivity contribution in [2.45, 2.75) is 6.04 Å². The molecule has 0 saturated heterocycles. The van der Waals surface area contributed by atoms with E-state index in [0.717, 1.165) is 16.3 Å². The molecule has 0 amide bonds. The lowest BCUT2D eigenvalue weighted by molar-refractivity contribution is -0.139. The van der Waals surface area contributed by atoms with Gasteiger partial charge < -0.3 is 10.0 Å². The maximum absolute atomic E-state index is 11.1. The number of rotatable bonds is 1. The number of benzene rings is 1. The smallest absolute Gasteiger partial charge is 0.330 e. The third-order valence-corrected chi connectivity index (χ3v) is 2.85. The van der Waals surface area contributed by atoms with Gasteiger partial charge in [-0.15, -0.1) is 0 Å². The predicted molar refractivity (Wildman–Crippen MR) is 62.2 cm³/mol. The van der Waals surface area contributed by atoms with Gasteiger partial charge in [0.25, 0.3) is 0 Å². The molecule has 2 aliphatic heterocycles. The van der Waals surface area contributed by atoms with E-state index in [4.69, 9.17) is 5.11 Å². The Kier molecular flexibility index (Phi) is 2.08. The van der Waals surface area contributed by atoms with Gasteiger partial charge in [-0.3, -0.25) is 4.99 Å². The van der Waals surface area contributed by atoms with E-state index in [1.54, 1.807) is 23.3 Å². The molecular weight excluding hydrogens is 216 g/mol. The van der Waals surface area contributed by atoms with Gasteiger partial charge in [0.1, 0.15) is 6.04 Å². The highest BCUT2D eigenvalue weighted by atomic mass is 16.4. The second-order valence-corrected chi connectivity index (χ2v) is 3.92. The minimum atomic E-state index is -0.861. The number of fused-ring (bicyclic) bond motifs is 2. The molecule has 0 aliphatic carbocycles. The van der Waals surface area contributed by atoms with E-state index >= 15 is 0 Å². The fourth-order valence-corrected chi connectivity index (χ4v) is 1.99. The molecule has 1 aromatic carbocycles. The van der Waals surface area contributed by atoms with E-state index < -0.39 is 12.0 Å². The van der Waals surface area contributed by atoms with Gasteiger partial charge in [0, 0.05) is 11.4 Å². The van der Waals surface area contributed by atoms with Crippen molar-refractivity contribution in [1.29, 1.82) is 0 Å². The first kappa shape index (κ1) is 9.84. The van der Waals surface area contributed by atoms with Crippen LogP contribution < -0.4 is 10.6 Å². The summed E-state index contributed by atoms with van der Waals surface area (Å²) in [6.07, 6.45) is 6.97. The third kappa shape index (κ3) is 1.54. The number of carbonyl (C=O) groups is 1. The fourth-order valence-electron chi connectivity index (χ4n) is 1.99. The number of aliphatic carboxylic acids is 1. The van der Waals surface area contributed by atoms with Gasteiger partial charge >= 0.3 is 5.97 Å². The predicted octanol–water partition coefficient (Wildman–Crippen LogP) is 0.224. The molecule has 1 atom stereocenters. The van der Waals surface area contributed by atoms with Crippen LogP contribution in [-0.4, -0.2) is 22.0 Å². The fraction of sp³-hybridized carbons (Fsp3) is 0.0769. The molecule has 17 heavy (non-hydrogen) atoms. The first-order valence-electron chi connectivity index (χ1n) is 5.30. The summed E-state index contributed by atoms with van der Waals surface area (Å²) < 4.78 is 0. The van der Waals surface area contributed by atoms with Crippen LogP contribution in [-0.2, 0) is 4.79 Å². The third-order valence-electron chi connectivity index (χ3n) is 2.85. The molecule has 4 heteroatoms. The quantitative estimate of drug-likeness (QED) is 0.745. The van der Waals surface area contributed by atoms with E-state index in [0.29, 0.717) is 0 Å². The van der Waals surface area contributed by atoms with Crippen molar-refractivity contribution in [3.8, 4) is 0 Å². The summed E-state index contributed by atoms with van der Waals surface area (Å²) in [6, 6.07) is 7.02. The normalized spacial score (nSPS) is 20.6.